The summed E-state index contributed by atoms with van der Waals surface area (Å²) in [4.78, 5) is 2.55. The van der Waals surface area contributed by atoms with Crippen LogP contribution in [-0.4, -0.2) is 41.6 Å². The third kappa shape index (κ3) is 4.67. The van der Waals surface area contributed by atoms with E-state index in [0.29, 0.717) is 6.04 Å². The topological polar surface area (TPSA) is 29.3 Å². The second kappa shape index (κ2) is 6.70. The number of rotatable bonds is 4. The SMILES string of the molecule is CCSC1CCCCN(CC(C)N)C1. The highest BCUT2D eigenvalue weighted by Gasteiger charge is 2.18. The molecule has 1 rings (SSSR count). The summed E-state index contributed by atoms with van der Waals surface area (Å²) in [5, 5.41) is 0.848. The zero-order valence-electron chi connectivity index (χ0n) is 9.54. The van der Waals surface area contributed by atoms with E-state index < -0.39 is 0 Å². The molecule has 1 aliphatic heterocycles. The molecular formula is C11H24N2S. The molecule has 0 bridgehead atoms. The predicted octanol–water partition coefficient (Wildman–Crippen LogP) is 1.94. The molecule has 3 heteroatoms. The van der Waals surface area contributed by atoms with Gasteiger partial charge >= 0.3 is 0 Å². The van der Waals surface area contributed by atoms with Crippen LogP contribution in [0.4, 0.5) is 0 Å². The first kappa shape index (κ1) is 12.3. The second-order valence-electron chi connectivity index (χ2n) is 4.31. The van der Waals surface area contributed by atoms with Gasteiger partial charge in [0.15, 0.2) is 0 Å². The minimum atomic E-state index is 0.320. The van der Waals surface area contributed by atoms with Crippen molar-refractivity contribution in [3.63, 3.8) is 0 Å². The lowest BCUT2D eigenvalue weighted by molar-refractivity contribution is 0.274. The van der Waals surface area contributed by atoms with Crippen molar-refractivity contribution in [3.8, 4) is 0 Å². The summed E-state index contributed by atoms with van der Waals surface area (Å²) in [5.74, 6) is 1.25. The number of likely N-dealkylation sites (tertiary alicyclic amines) is 1. The van der Waals surface area contributed by atoms with Crippen LogP contribution in [0.2, 0.25) is 0 Å². The Bertz CT molecular complexity index is 150. The van der Waals surface area contributed by atoms with E-state index in [1.807, 2.05) is 0 Å². The van der Waals surface area contributed by atoms with Crippen LogP contribution in [0.3, 0.4) is 0 Å². The molecule has 0 saturated carbocycles. The summed E-state index contributed by atoms with van der Waals surface area (Å²) in [5.41, 5.74) is 5.85. The predicted molar refractivity (Wildman–Crippen MR) is 65.9 cm³/mol. The van der Waals surface area contributed by atoms with Gasteiger partial charge in [0.1, 0.15) is 0 Å². The Morgan fingerprint density at radius 1 is 1.50 bits per heavy atom. The summed E-state index contributed by atoms with van der Waals surface area (Å²) in [7, 11) is 0. The molecule has 1 fully saturated rings. The van der Waals surface area contributed by atoms with Crippen LogP contribution in [0.5, 0.6) is 0 Å². The smallest absolute Gasteiger partial charge is 0.0174 e. The van der Waals surface area contributed by atoms with Gasteiger partial charge in [0.2, 0.25) is 0 Å². The first-order valence-corrected chi connectivity index (χ1v) is 6.86. The summed E-state index contributed by atoms with van der Waals surface area (Å²) in [6.07, 6.45) is 4.15. The molecule has 2 nitrogen and oxygen atoms in total. The van der Waals surface area contributed by atoms with Crippen LogP contribution in [0.25, 0.3) is 0 Å². The minimum Gasteiger partial charge on any atom is -0.327 e. The standard InChI is InChI=1S/C11H24N2S/c1-3-14-11-6-4-5-7-13(9-11)8-10(2)12/h10-11H,3-9,12H2,1-2H3. The van der Waals surface area contributed by atoms with Gasteiger partial charge in [-0.1, -0.05) is 13.3 Å². The molecule has 84 valence electrons. The number of hydrogen-bond acceptors (Lipinski definition) is 3. The monoisotopic (exact) mass is 216 g/mol. The number of nitrogens with two attached hydrogens (primary N) is 1. The van der Waals surface area contributed by atoms with Crippen LogP contribution in [0, 0.1) is 0 Å². The molecule has 0 aromatic carbocycles. The molecule has 0 spiro atoms. The number of thioether (sulfide) groups is 1. The molecule has 2 atom stereocenters. The maximum Gasteiger partial charge on any atom is 0.0174 e. The third-order valence-corrected chi connectivity index (χ3v) is 3.85. The molecular weight excluding hydrogens is 192 g/mol. The normalized spacial score (nSPS) is 27.2. The van der Waals surface area contributed by atoms with E-state index in [1.165, 1.54) is 38.1 Å². The highest BCUT2D eigenvalue weighted by molar-refractivity contribution is 7.99. The van der Waals surface area contributed by atoms with Crippen molar-refractivity contribution in [3.05, 3.63) is 0 Å². The average Bonchev–Trinajstić information content (AvgIpc) is 2.30. The fraction of sp³-hybridized carbons (Fsp3) is 1.00. The largest absolute Gasteiger partial charge is 0.327 e. The van der Waals surface area contributed by atoms with Crippen LogP contribution in [0.15, 0.2) is 0 Å². The summed E-state index contributed by atoms with van der Waals surface area (Å²) >= 11 is 2.11. The first-order chi connectivity index (χ1) is 6.72. The molecule has 1 heterocycles. The molecule has 14 heavy (non-hydrogen) atoms. The Morgan fingerprint density at radius 3 is 2.93 bits per heavy atom. The molecule has 2 unspecified atom stereocenters. The van der Waals surface area contributed by atoms with Crippen molar-refractivity contribution in [2.24, 2.45) is 5.73 Å². The molecule has 0 radical (unpaired) electrons. The first-order valence-electron chi connectivity index (χ1n) is 5.82. The van der Waals surface area contributed by atoms with Crippen molar-refractivity contribution < 1.29 is 0 Å². The Hall–Kier alpha value is 0.270. The molecule has 0 aromatic rings. The number of nitrogens with zero attached hydrogens (tertiary/aromatic N) is 1. The van der Waals surface area contributed by atoms with E-state index in [2.05, 4.69) is 30.5 Å². The van der Waals surface area contributed by atoms with Gasteiger partial charge in [-0.05, 0) is 32.1 Å². The Balaban J connectivity index is 2.34. The quantitative estimate of drug-likeness (QED) is 0.779. The van der Waals surface area contributed by atoms with Crippen LogP contribution in [-0.2, 0) is 0 Å². The van der Waals surface area contributed by atoms with Crippen molar-refractivity contribution in [2.75, 3.05) is 25.4 Å². The zero-order valence-corrected chi connectivity index (χ0v) is 10.4. The van der Waals surface area contributed by atoms with Gasteiger partial charge in [-0.15, -0.1) is 0 Å². The highest BCUT2D eigenvalue weighted by Crippen LogP contribution is 2.21. The Labute approximate surface area is 92.6 Å². The van der Waals surface area contributed by atoms with Gasteiger partial charge in [0.05, 0.1) is 0 Å². The highest BCUT2D eigenvalue weighted by atomic mass is 32.2. The molecule has 2 N–H and O–H groups in total. The van der Waals surface area contributed by atoms with Crippen molar-refractivity contribution in [2.45, 2.75) is 44.4 Å². The second-order valence-corrected chi connectivity index (χ2v) is 5.89. The summed E-state index contributed by atoms with van der Waals surface area (Å²) in [6, 6.07) is 0.320. The Kier molecular flexibility index (Phi) is 5.90. The van der Waals surface area contributed by atoms with E-state index in [1.54, 1.807) is 0 Å². The lowest BCUT2D eigenvalue weighted by Crippen LogP contribution is -2.38. The average molecular weight is 216 g/mol. The fourth-order valence-electron chi connectivity index (χ4n) is 2.12. The van der Waals surface area contributed by atoms with E-state index in [9.17, 15) is 0 Å². The zero-order chi connectivity index (χ0) is 10.4. The fourth-order valence-corrected chi connectivity index (χ4v) is 3.24. The van der Waals surface area contributed by atoms with E-state index in [0.717, 1.165) is 11.8 Å². The minimum absolute atomic E-state index is 0.320. The van der Waals surface area contributed by atoms with Gasteiger partial charge in [-0.3, -0.25) is 0 Å². The lowest BCUT2D eigenvalue weighted by Gasteiger charge is -2.25. The lowest BCUT2D eigenvalue weighted by atomic mass is 10.2. The number of hydrogen-bond donors (Lipinski definition) is 1. The van der Waals surface area contributed by atoms with E-state index in [-0.39, 0.29) is 0 Å². The van der Waals surface area contributed by atoms with Crippen LogP contribution in [0.1, 0.15) is 33.1 Å². The van der Waals surface area contributed by atoms with Crippen LogP contribution >= 0.6 is 11.8 Å². The molecule has 1 aliphatic rings. The van der Waals surface area contributed by atoms with Gasteiger partial charge in [-0.25, -0.2) is 0 Å². The van der Waals surface area contributed by atoms with Crippen molar-refractivity contribution in [1.82, 2.24) is 4.90 Å². The van der Waals surface area contributed by atoms with Gasteiger partial charge in [-0.2, -0.15) is 11.8 Å². The van der Waals surface area contributed by atoms with Gasteiger partial charge in [0.25, 0.3) is 0 Å². The molecule has 1 saturated heterocycles. The van der Waals surface area contributed by atoms with Gasteiger partial charge in [0, 0.05) is 24.4 Å². The maximum atomic E-state index is 5.85. The molecule has 0 aliphatic carbocycles. The van der Waals surface area contributed by atoms with E-state index in [4.69, 9.17) is 5.73 Å². The Morgan fingerprint density at radius 2 is 2.29 bits per heavy atom. The third-order valence-electron chi connectivity index (χ3n) is 2.66. The maximum absolute atomic E-state index is 5.85. The van der Waals surface area contributed by atoms with Crippen LogP contribution < -0.4 is 5.73 Å². The molecule has 0 amide bonds. The van der Waals surface area contributed by atoms with Crippen molar-refractivity contribution in [1.29, 1.82) is 0 Å². The molecule has 0 aromatic heterocycles. The van der Waals surface area contributed by atoms with Crippen molar-refractivity contribution >= 4 is 11.8 Å². The van der Waals surface area contributed by atoms with Gasteiger partial charge < -0.3 is 10.6 Å². The summed E-state index contributed by atoms with van der Waals surface area (Å²) < 4.78 is 0. The van der Waals surface area contributed by atoms with E-state index >= 15 is 0 Å². The summed E-state index contributed by atoms with van der Waals surface area (Å²) in [6.45, 7) is 7.93.